The number of nitrogens with zero attached hydrogens (tertiary/aromatic N) is 1. The van der Waals surface area contributed by atoms with Gasteiger partial charge in [0.2, 0.25) is 0 Å². The van der Waals surface area contributed by atoms with Crippen molar-refractivity contribution in [2.24, 2.45) is 0 Å². The molecule has 0 amide bonds. The normalized spacial score (nSPS) is 12.3. The van der Waals surface area contributed by atoms with Crippen LogP contribution in [0.25, 0.3) is 0 Å². The highest BCUT2D eigenvalue weighted by Crippen LogP contribution is 1.93. The van der Waals surface area contributed by atoms with Crippen molar-refractivity contribution in [3.05, 3.63) is 35.9 Å². The molecular formula is C11H11NO6. The number of carboxylic acids is 2. The van der Waals surface area contributed by atoms with Crippen molar-refractivity contribution in [3.8, 4) is 6.07 Å². The maximum atomic E-state index is 9.77. The van der Waals surface area contributed by atoms with Crippen LogP contribution in [-0.4, -0.2) is 44.6 Å². The first-order chi connectivity index (χ1) is 8.40. The summed E-state index contributed by atoms with van der Waals surface area (Å²) in [5.74, 6) is -3.54. The molecule has 0 aromatic heterocycles. The minimum Gasteiger partial charge on any atom is -0.479 e. The zero-order chi connectivity index (χ0) is 14.1. The Morgan fingerprint density at radius 1 is 1.00 bits per heavy atom. The van der Waals surface area contributed by atoms with E-state index in [4.69, 9.17) is 25.7 Å². The number of rotatable bonds is 3. The van der Waals surface area contributed by atoms with Gasteiger partial charge in [0.25, 0.3) is 0 Å². The third-order valence-corrected chi connectivity index (χ3v) is 1.71. The fourth-order valence-electron chi connectivity index (χ4n) is 0.783. The summed E-state index contributed by atoms with van der Waals surface area (Å²) in [5.41, 5.74) is 0.715. The average Bonchev–Trinajstić information content (AvgIpc) is 2.38. The molecule has 0 unspecified atom stereocenters. The number of benzene rings is 1. The van der Waals surface area contributed by atoms with Gasteiger partial charge in [0, 0.05) is 0 Å². The number of nitriles is 1. The minimum absolute atomic E-state index is 0.715. The first kappa shape index (κ1) is 15.6. The second-order valence-electron chi connectivity index (χ2n) is 3.04. The summed E-state index contributed by atoms with van der Waals surface area (Å²) in [7, 11) is 0. The van der Waals surface area contributed by atoms with Gasteiger partial charge in [-0.25, -0.2) is 9.59 Å². The van der Waals surface area contributed by atoms with Crippen molar-refractivity contribution in [1.82, 2.24) is 0 Å². The van der Waals surface area contributed by atoms with Gasteiger partial charge < -0.3 is 20.4 Å². The summed E-state index contributed by atoms with van der Waals surface area (Å²) < 4.78 is 0. The van der Waals surface area contributed by atoms with Gasteiger partial charge in [-0.05, 0) is 12.1 Å². The molecule has 0 aliphatic carbocycles. The third-order valence-electron chi connectivity index (χ3n) is 1.71. The molecule has 0 saturated carbocycles. The highest BCUT2D eigenvalue weighted by atomic mass is 16.4. The maximum absolute atomic E-state index is 9.77. The van der Waals surface area contributed by atoms with Crippen molar-refractivity contribution >= 4 is 11.9 Å². The summed E-state index contributed by atoms with van der Waals surface area (Å²) in [6, 6.07) is 11.2. The lowest BCUT2D eigenvalue weighted by atomic mass is 10.2. The van der Waals surface area contributed by atoms with Crippen molar-refractivity contribution < 1.29 is 30.0 Å². The maximum Gasteiger partial charge on any atom is 0.335 e. The van der Waals surface area contributed by atoms with Gasteiger partial charge in [0.15, 0.2) is 12.2 Å². The van der Waals surface area contributed by atoms with Crippen LogP contribution >= 0.6 is 0 Å². The number of carbonyl (C=O) groups is 2. The molecule has 1 aromatic carbocycles. The van der Waals surface area contributed by atoms with E-state index >= 15 is 0 Å². The largest absolute Gasteiger partial charge is 0.479 e. The second kappa shape index (κ2) is 7.78. The van der Waals surface area contributed by atoms with E-state index in [0.29, 0.717) is 5.56 Å². The van der Waals surface area contributed by atoms with Crippen LogP contribution < -0.4 is 0 Å². The van der Waals surface area contributed by atoms with Gasteiger partial charge >= 0.3 is 11.9 Å². The van der Waals surface area contributed by atoms with E-state index in [9.17, 15) is 9.59 Å². The average molecular weight is 253 g/mol. The number of aliphatic hydroxyl groups excluding tert-OH is 2. The lowest BCUT2D eigenvalue weighted by molar-refractivity contribution is -0.165. The van der Waals surface area contributed by atoms with E-state index in [1.165, 1.54) is 0 Å². The Morgan fingerprint density at radius 3 is 1.61 bits per heavy atom. The molecule has 0 saturated heterocycles. The Hall–Kier alpha value is -2.43. The molecule has 0 bridgehead atoms. The van der Waals surface area contributed by atoms with Crippen molar-refractivity contribution in [3.63, 3.8) is 0 Å². The highest BCUT2D eigenvalue weighted by Gasteiger charge is 2.29. The Bertz CT molecular complexity index is 421. The SMILES string of the molecule is N#Cc1ccccc1.O=C(O)[C@H](O)[C@@H](O)C(=O)O. The molecule has 0 heterocycles. The van der Waals surface area contributed by atoms with Crippen LogP contribution in [0.15, 0.2) is 30.3 Å². The van der Waals surface area contributed by atoms with Crippen LogP contribution in [-0.2, 0) is 9.59 Å². The van der Waals surface area contributed by atoms with Gasteiger partial charge in [0.1, 0.15) is 0 Å². The molecule has 18 heavy (non-hydrogen) atoms. The van der Waals surface area contributed by atoms with Crippen LogP contribution in [0.3, 0.4) is 0 Å². The Balaban J connectivity index is 0.000000327. The summed E-state index contributed by atoms with van der Waals surface area (Å²) in [4.78, 5) is 19.5. The van der Waals surface area contributed by atoms with Gasteiger partial charge in [0.05, 0.1) is 11.6 Å². The van der Waals surface area contributed by atoms with Gasteiger partial charge in [-0.2, -0.15) is 5.26 Å². The molecule has 96 valence electrons. The van der Waals surface area contributed by atoms with E-state index in [2.05, 4.69) is 0 Å². The zero-order valence-corrected chi connectivity index (χ0v) is 9.09. The number of hydrogen-bond donors (Lipinski definition) is 4. The number of hydrogen-bond acceptors (Lipinski definition) is 5. The van der Waals surface area contributed by atoms with Crippen LogP contribution in [0, 0.1) is 11.3 Å². The molecule has 7 heteroatoms. The number of aliphatic carboxylic acids is 2. The third kappa shape index (κ3) is 5.60. The highest BCUT2D eigenvalue weighted by molar-refractivity contribution is 5.83. The topological polar surface area (TPSA) is 139 Å². The van der Waals surface area contributed by atoms with Gasteiger partial charge in [-0.15, -0.1) is 0 Å². The molecular weight excluding hydrogens is 242 g/mol. The fraction of sp³-hybridized carbons (Fsp3) is 0.182. The Kier molecular flexibility index (Phi) is 6.73. The van der Waals surface area contributed by atoms with Crippen LogP contribution in [0.4, 0.5) is 0 Å². The second-order valence-corrected chi connectivity index (χ2v) is 3.04. The molecule has 0 spiro atoms. The minimum atomic E-state index is -2.27. The molecule has 7 nitrogen and oxygen atoms in total. The lowest BCUT2D eigenvalue weighted by Crippen LogP contribution is -2.39. The Morgan fingerprint density at radius 2 is 1.39 bits per heavy atom. The lowest BCUT2D eigenvalue weighted by Gasteiger charge is -2.07. The molecule has 0 aliphatic heterocycles. The molecule has 0 aliphatic rings. The molecule has 0 fully saturated rings. The first-order valence-electron chi connectivity index (χ1n) is 4.67. The van der Waals surface area contributed by atoms with Crippen molar-refractivity contribution in [2.45, 2.75) is 12.2 Å². The van der Waals surface area contributed by atoms with Gasteiger partial charge in [-0.1, -0.05) is 18.2 Å². The van der Waals surface area contributed by atoms with E-state index in [1.54, 1.807) is 12.1 Å². The smallest absolute Gasteiger partial charge is 0.335 e. The van der Waals surface area contributed by atoms with E-state index in [1.807, 2.05) is 24.3 Å². The molecule has 1 aromatic rings. The standard InChI is InChI=1S/C7H5N.C4H6O6/c8-6-7-4-2-1-3-5-7;5-1(3(7)8)2(6)4(9)10/h1-5H;1-2,5-6H,(H,7,8)(H,9,10)/t;1-,2-/m.1/s1. The monoisotopic (exact) mass is 253 g/mol. The van der Waals surface area contributed by atoms with Crippen LogP contribution in [0.2, 0.25) is 0 Å². The number of aliphatic hydroxyl groups is 2. The predicted molar refractivity (Wildman–Crippen MR) is 58.4 cm³/mol. The first-order valence-corrected chi connectivity index (χ1v) is 4.67. The molecule has 2 atom stereocenters. The molecule has 0 radical (unpaired) electrons. The molecule has 1 rings (SSSR count). The van der Waals surface area contributed by atoms with Crippen LogP contribution in [0.1, 0.15) is 5.56 Å². The quantitative estimate of drug-likeness (QED) is 0.565. The summed E-state index contributed by atoms with van der Waals surface area (Å²) in [6.45, 7) is 0. The van der Waals surface area contributed by atoms with Crippen molar-refractivity contribution in [2.75, 3.05) is 0 Å². The van der Waals surface area contributed by atoms with Crippen molar-refractivity contribution in [1.29, 1.82) is 5.26 Å². The summed E-state index contributed by atoms with van der Waals surface area (Å²) >= 11 is 0. The van der Waals surface area contributed by atoms with E-state index in [0.717, 1.165) is 0 Å². The number of carboxylic acid groups (broad SMARTS) is 2. The summed E-state index contributed by atoms with van der Waals surface area (Å²) in [5, 5.41) is 40.8. The summed E-state index contributed by atoms with van der Waals surface area (Å²) in [6.07, 6.45) is -4.53. The van der Waals surface area contributed by atoms with E-state index < -0.39 is 24.1 Å². The zero-order valence-electron chi connectivity index (χ0n) is 9.09. The predicted octanol–water partition coefficient (Wildman–Crippen LogP) is -0.564. The fourth-order valence-corrected chi connectivity index (χ4v) is 0.783. The van der Waals surface area contributed by atoms with Gasteiger partial charge in [-0.3, -0.25) is 0 Å². The van der Waals surface area contributed by atoms with E-state index in [-0.39, 0.29) is 0 Å². The molecule has 4 N–H and O–H groups in total. The van der Waals surface area contributed by atoms with Crippen LogP contribution in [0.5, 0.6) is 0 Å². The Labute approximate surface area is 102 Å².